The Kier molecular flexibility index (Phi) is 7.27. The second-order valence-corrected chi connectivity index (χ2v) is 6.26. The summed E-state index contributed by atoms with van der Waals surface area (Å²) in [4.78, 5) is 11.4. The molecule has 12 heteroatoms. The van der Waals surface area contributed by atoms with Crippen molar-refractivity contribution in [3.05, 3.63) is 0 Å². The number of aliphatic hydroxyl groups excluding tert-OH is 7. The number of amides is 1. The molecule has 0 aliphatic carbocycles. The third-order valence-electron chi connectivity index (χ3n) is 4.38. The number of carbonyl (C=O) groups is 1. The van der Waals surface area contributed by atoms with Gasteiger partial charge in [-0.3, -0.25) is 4.79 Å². The zero-order valence-corrected chi connectivity index (χ0v) is 14.0. The quantitative estimate of drug-likeness (QED) is 0.226. The molecule has 2 saturated heterocycles. The molecule has 0 aromatic carbocycles. The molecule has 0 aromatic rings. The monoisotopic (exact) mass is 383 g/mol. The van der Waals surface area contributed by atoms with Crippen molar-refractivity contribution in [1.82, 2.24) is 5.32 Å². The van der Waals surface area contributed by atoms with Crippen molar-refractivity contribution in [2.75, 3.05) is 13.2 Å². The van der Waals surface area contributed by atoms with E-state index in [4.69, 9.17) is 14.2 Å². The van der Waals surface area contributed by atoms with Gasteiger partial charge in [-0.05, 0) is 0 Å². The molecule has 0 bridgehead atoms. The van der Waals surface area contributed by atoms with Crippen molar-refractivity contribution in [2.45, 2.75) is 68.3 Å². The van der Waals surface area contributed by atoms with Gasteiger partial charge in [0, 0.05) is 6.92 Å². The standard InChI is InChI=1S/C14H25NO11/c1-4(18)15-7-12(9(20)6(3-17)24-13(7)23)26-14-11(22)10(21)8(19)5(2-16)25-14/h5-14,16-17,19-23H,2-3H2,1H3,(H,15,18)/t5-,6-,7-,8-,9+,10+,11+,12-,13+,14+/m1/s1. The van der Waals surface area contributed by atoms with Crippen molar-refractivity contribution in [3.8, 4) is 0 Å². The Balaban J connectivity index is 2.21. The van der Waals surface area contributed by atoms with Crippen LogP contribution in [0.4, 0.5) is 0 Å². The van der Waals surface area contributed by atoms with E-state index in [9.17, 15) is 40.5 Å². The summed E-state index contributed by atoms with van der Waals surface area (Å²) in [6, 6.07) is -1.28. The van der Waals surface area contributed by atoms with Crippen LogP contribution in [0, 0.1) is 0 Å². The van der Waals surface area contributed by atoms with Gasteiger partial charge in [0.2, 0.25) is 5.91 Å². The average molecular weight is 383 g/mol. The van der Waals surface area contributed by atoms with Crippen molar-refractivity contribution in [2.24, 2.45) is 0 Å². The van der Waals surface area contributed by atoms with Crippen LogP contribution < -0.4 is 5.32 Å². The van der Waals surface area contributed by atoms with Gasteiger partial charge in [0.15, 0.2) is 12.6 Å². The first-order chi connectivity index (χ1) is 12.2. The Hall–Kier alpha value is -0.930. The van der Waals surface area contributed by atoms with Gasteiger partial charge in [-0.15, -0.1) is 0 Å². The van der Waals surface area contributed by atoms with E-state index in [0.717, 1.165) is 6.92 Å². The molecule has 2 heterocycles. The molecule has 12 nitrogen and oxygen atoms in total. The van der Waals surface area contributed by atoms with E-state index >= 15 is 0 Å². The zero-order valence-electron chi connectivity index (χ0n) is 14.0. The van der Waals surface area contributed by atoms with E-state index in [0.29, 0.717) is 0 Å². The lowest BCUT2D eigenvalue weighted by Crippen LogP contribution is -2.67. The fraction of sp³-hybridized carbons (Fsp3) is 0.929. The lowest BCUT2D eigenvalue weighted by molar-refractivity contribution is -0.341. The molecule has 0 saturated carbocycles. The van der Waals surface area contributed by atoms with E-state index in [1.54, 1.807) is 0 Å². The summed E-state index contributed by atoms with van der Waals surface area (Å²) in [5.41, 5.74) is 0. The van der Waals surface area contributed by atoms with Crippen LogP contribution in [0.3, 0.4) is 0 Å². The fourth-order valence-electron chi connectivity index (χ4n) is 2.97. The largest absolute Gasteiger partial charge is 0.394 e. The maximum atomic E-state index is 11.4. The first kappa shape index (κ1) is 21.4. The third-order valence-corrected chi connectivity index (χ3v) is 4.38. The molecule has 152 valence electrons. The summed E-state index contributed by atoms with van der Waals surface area (Å²) in [7, 11) is 0. The molecular weight excluding hydrogens is 358 g/mol. The topological polar surface area (TPSA) is 198 Å². The maximum Gasteiger partial charge on any atom is 0.217 e. The zero-order chi connectivity index (χ0) is 19.6. The first-order valence-electron chi connectivity index (χ1n) is 8.06. The van der Waals surface area contributed by atoms with Crippen LogP contribution in [0.15, 0.2) is 0 Å². The Morgan fingerprint density at radius 2 is 1.50 bits per heavy atom. The Bertz CT molecular complexity index is 478. The second kappa shape index (κ2) is 8.84. The van der Waals surface area contributed by atoms with Crippen molar-refractivity contribution in [3.63, 3.8) is 0 Å². The SMILES string of the molecule is CC(=O)N[C@@H]1[C@@H](O[C@@H]2O[C@H](CO)[C@@H](O)[C@H](O)[C@@H]2O)[C@@H](O)[C@@H](CO)O[C@@H]1O. The molecule has 0 spiro atoms. The Morgan fingerprint density at radius 1 is 0.923 bits per heavy atom. The van der Waals surface area contributed by atoms with Crippen LogP contribution in [0.25, 0.3) is 0 Å². The number of ether oxygens (including phenoxy) is 3. The molecule has 0 aromatic heterocycles. The van der Waals surface area contributed by atoms with Crippen LogP contribution in [-0.2, 0) is 19.0 Å². The van der Waals surface area contributed by atoms with Crippen LogP contribution >= 0.6 is 0 Å². The van der Waals surface area contributed by atoms with E-state index in [2.05, 4.69) is 5.32 Å². The van der Waals surface area contributed by atoms with Crippen LogP contribution in [0.2, 0.25) is 0 Å². The van der Waals surface area contributed by atoms with Gasteiger partial charge >= 0.3 is 0 Å². The minimum absolute atomic E-state index is 0.574. The summed E-state index contributed by atoms with van der Waals surface area (Å²) in [5, 5.41) is 70.7. The number of rotatable bonds is 5. The summed E-state index contributed by atoms with van der Waals surface area (Å²) in [5.74, 6) is -0.574. The molecular formula is C14H25NO11. The van der Waals surface area contributed by atoms with Crippen LogP contribution in [0.1, 0.15) is 6.92 Å². The maximum absolute atomic E-state index is 11.4. The number of hydrogen-bond donors (Lipinski definition) is 8. The van der Waals surface area contributed by atoms with Gasteiger partial charge in [0.05, 0.1) is 13.2 Å². The molecule has 0 unspecified atom stereocenters. The van der Waals surface area contributed by atoms with E-state index in [1.807, 2.05) is 0 Å². The lowest BCUT2D eigenvalue weighted by Gasteiger charge is -2.46. The van der Waals surface area contributed by atoms with Gasteiger partial charge in [0.1, 0.15) is 48.8 Å². The predicted molar refractivity (Wildman–Crippen MR) is 80.2 cm³/mol. The highest BCUT2D eigenvalue weighted by Gasteiger charge is 2.50. The molecule has 26 heavy (non-hydrogen) atoms. The molecule has 2 aliphatic heterocycles. The minimum Gasteiger partial charge on any atom is -0.394 e. The molecule has 0 radical (unpaired) electrons. The molecule has 1 amide bonds. The summed E-state index contributed by atoms with van der Waals surface area (Å²) in [6.45, 7) is -0.195. The highest BCUT2D eigenvalue weighted by atomic mass is 16.7. The summed E-state index contributed by atoms with van der Waals surface area (Å²) < 4.78 is 15.7. The van der Waals surface area contributed by atoms with Gasteiger partial charge in [-0.25, -0.2) is 0 Å². The summed E-state index contributed by atoms with van der Waals surface area (Å²) >= 11 is 0. The van der Waals surface area contributed by atoms with Gasteiger partial charge < -0.3 is 55.3 Å². The molecule has 2 aliphatic rings. The first-order valence-corrected chi connectivity index (χ1v) is 8.06. The van der Waals surface area contributed by atoms with Gasteiger partial charge in [-0.1, -0.05) is 0 Å². The molecule has 10 atom stereocenters. The predicted octanol–water partition coefficient (Wildman–Crippen LogP) is -5.25. The van der Waals surface area contributed by atoms with Crippen molar-refractivity contribution in [1.29, 1.82) is 0 Å². The normalized spacial score (nSPS) is 46.8. The smallest absolute Gasteiger partial charge is 0.217 e. The molecule has 2 rings (SSSR count). The van der Waals surface area contributed by atoms with Crippen molar-refractivity contribution < 1.29 is 54.8 Å². The van der Waals surface area contributed by atoms with Crippen LogP contribution in [-0.4, -0.2) is 116 Å². The van der Waals surface area contributed by atoms with Gasteiger partial charge in [0.25, 0.3) is 0 Å². The second-order valence-electron chi connectivity index (χ2n) is 6.26. The van der Waals surface area contributed by atoms with E-state index in [1.165, 1.54) is 0 Å². The van der Waals surface area contributed by atoms with E-state index in [-0.39, 0.29) is 0 Å². The Morgan fingerprint density at radius 3 is 2.04 bits per heavy atom. The average Bonchev–Trinajstić information content (AvgIpc) is 2.60. The van der Waals surface area contributed by atoms with Gasteiger partial charge in [-0.2, -0.15) is 0 Å². The lowest BCUT2D eigenvalue weighted by atomic mass is 9.95. The minimum atomic E-state index is -1.74. The molecule has 2 fully saturated rings. The number of carbonyl (C=O) groups excluding carboxylic acids is 1. The Labute approximate surface area is 148 Å². The number of nitrogens with one attached hydrogen (secondary N) is 1. The third kappa shape index (κ3) is 4.31. The molecule has 8 N–H and O–H groups in total. The van der Waals surface area contributed by atoms with Crippen LogP contribution in [0.5, 0.6) is 0 Å². The number of hydrogen-bond acceptors (Lipinski definition) is 11. The highest BCUT2D eigenvalue weighted by Crippen LogP contribution is 2.28. The summed E-state index contributed by atoms with van der Waals surface area (Å²) in [6.07, 6.45) is -13.7. The number of aliphatic hydroxyl groups is 7. The van der Waals surface area contributed by atoms with E-state index < -0.39 is 80.5 Å². The fourth-order valence-corrected chi connectivity index (χ4v) is 2.97. The highest BCUT2D eigenvalue weighted by molar-refractivity contribution is 5.73. The van der Waals surface area contributed by atoms with Crippen molar-refractivity contribution >= 4 is 5.91 Å².